The van der Waals surface area contributed by atoms with E-state index in [-0.39, 0.29) is 18.7 Å². The third-order valence-corrected chi connectivity index (χ3v) is 4.38. The highest BCUT2D eigenvalue weighted by Gasteiger charge is 2.23. The first-order valence-corrected chi connectivity index (χ1v) is 8.18. The number of benzene rings is 2. The summed E-state index contributed by atoms with van der Waals surface area (Å²) in [6.07, 6.45) is 0. The van der Waals surface area contributed by atoms with Crippen LogP contribution in [0.1, 0.15) is 12.5 Å². The molecule has 1 aliphatic heterocycles. The van der Waals surface area contributed by atoms with E-state index >= 15 is 0 Å². The van der Waals surface area contributed by atoms with Gasteiger partial charge in [0.2, 0.25) is 6.79 Å². The number of likely N-dealkylation sites (N-methyl/N-ethyl adjacent to an activating group) is 1. The van der Waals surface area contributed by atoms with E-state index in [4.69, 9.17) is 21.1 Å². The summed E-state index contributed by atoms with van der Waals surface area (Å²) in [5.74, 6) is 1.30. The predicted octanol–water partition coefficient (Wildman–Crippen LogP) is 2.11. The number of hydrogen-bond donors (Lipinski definition) is 2. The fourth-order valence-electron chi connectivity index (χ4n) is 2.57. The fourth-order valence-corrected chi connectivity index (χ4v) is 2.78. The van der Waals surface area contributed by atoms with Crippen LogP contribution in [0.2, 0.25) is 5.02 Å². The van der Waals surface area contributed by atoms with Crippen LogP contribution in [0.15, 0.2) is 42.5 Å². The zero-order valence-corrected chi connectivity index (χ0v) is 14.4. The molecule has 0 saturated heterocycles. The summed E-state index contributed by atoms with van der Waals surface area (Å²) in [7, 11) is 1.99. The average Bonchev–Trinajstić information content (AvgIpc) is 3.01. The Kier molecular flexibility index (Phi) is 4.92. The number of amides is 1. The molecular weight excluding hydrogens is 328 g/mol. The van der Waals surface area contributed by atoms with Gasteiger partial charge in [0.15, 0.2) is 17.5 Å². The molecule has 2 N–H and O–H groups in total. The molecule has 2 aromatic rings. The third-order valence-electron chi connectivity index (χ3n) is 4.14. The maximum atomic E-state index is 12.5. The highest BCUT2D eigenvalue weighted by molar-refractivity contribution is 6.30. The molecular formula is C18H20ClN2O3+. The van der Waals surface area contributed by atoms with Gasteiger partial charge >= 0.3 is 0 Å². The second kappa shape index (κ2) is 7.11. The molecule has 0 spiro atoms. The van der Waals surface area contributed by atoms with Gasteiger partial charge in [-0.2, -0.15) is 0 Å². The first kappa shape index (κ1) is 16.6. The minimum Gasteiger partial charge on any atom is -0.454 e. The van der Waals surface area contributed by atoms with Gasteiger partial charge in [0.25, 0.3) is 5.91 Å². The normalized spacial score (nSPS) is 15.0. The molecule has 0 aromatic heterocycles. The molecule has 0 saturated carbocycles. The lowest BCUT2D eigenvalue weighted by Crippen LogP contribution is -3.12. The van der Waals surface area contributed by atoms with E-state index in [0.717, 1.165) is 17.0 Å². The van der Waals surface area contributed by atoms with Crippen LogP contribution >= 0.6 is 11.6 Å². The number of halogens is 1. The Labute approximate surface area is 146 Å². The van der Waals surface area contributed by atoms with E-state index in [9.17, 15) is 4.79 Å². The number of ether oxygens (including phenoxy) is 2. The highest BCUT2D eigenvalue weighted by Crippen LogP contribution is 2.34. The maximum absolute atomic E-state index is 12.5. The zero-order valence-electron chi connectivity index (χ0n) is 13.6. The maximum Gasteiger partial charge on any atom is 0.282 e. The van der Waals surface area contributed by atoms with Crippen LogP contribution in [-0.2, 0) is 11.3 Å². The van der Waals surface area contributed by atoms with E-state index in [1.807, 2.05) is 44.3 Å². The molecule has 1 amide bonds. The zero-order chi connectivity index (χ0) is 17.1. The average molecular weight is 348 g/mol. The van der Waals surface area contributed by atoms with Crippen molar-refractivity contribution in [1.82, 2.24) is 0 Å². The number of nitrogens with one attached hydrogen (secondary N) is 2. The van der Waals surface area contributed by atoms with E-state index < -0.39 is 0 Å². The molecule has 5 nitrogen and oxygen atoms in total. The van der Waals surface area contributed by atoms with Crippen molar-refractivity contribution in [2.24, 2.45) is 0 Å². The first-order chi connectivity index (χ1) is 11.5. The Hall–Kier alpha value is -2.24. The van der Waals surface area contributed by atoms with Gasteiger partial charge in [-0.3, -0.25) is 4.79 Å². The lowest BCUT2D eigenvalue weighted by atomic mass is 10.2. The van der Waals surface area contributed by atoms with E-state index in [1.54, 1.807) is 12.1 Å². The number of fused-ring (bicyclic) bond motifs is 1. The first-order valence-electron chi connectivity index (χ1n) is 7.80. The Morgan fingerprint density at radius 2 is 2.04 bits per heavy atom. The van der Waals surface area contributed by atoms with Crippen LogP contribution in [0, 0.1) is 0 Å². The van der Waals surface area contributed by atoms with Gasteiger partial charge in [-0.15, -0.1) is 0 Å². The highest BCUT2D eigenvalue weighted by atomic mass is 35.5. The van der Waals surface area contributed by atoms with Crippen LogP contribution < -0.4 is 19.7 Å². The quantitative estimate of drug-likeness (QED) is 0.871. The number of carbonyl (C=O) groups excluding carboxylic acids is 1. The third kappa shape index (κ3) is 3.80. The van der Waals surface area contributed by atoms with Gasteiger partial charge < -0.3 is 19.7 Å². The summed E-state index contributed by atoms with van der Waals surface area (Å²) in [5.41, 5.74) is 1.80. The summed E-state index contributed by atoms with van der Waals surface area (Å²) >= 11 is 6.01. The molecule has 1 aliphatic rings. The van der Waals surface area contributed by atoms with Crippen LogP contribution in [0.5, 0.6) is 11.5 Å². The van der Waals surface area contributed by atoms with Crippen molar-refractivity contribution in [3.05, 3.63) is 53.1 Å². The second-order valence-corrected chi connectivity index (χ2v) is 6.37. The molecule has 3 rings (SSSR count). The van der Waals surface area contributed by atoms with E-state index in [0.29, 0.717) is 22.2 Å². The molecule has 0 aliphatic carbocycles. The molecule has 1 unspecified atom stereocenters. The number of anilines is 1. The van der Waals surface area contributed by atoms with Crippen LogP contribution in [0.25, 0.3) is 0 Å². The Morgan fingerprint density at radius 3 is 2.83 bits per heavy atom. The summed E-state index contributed by atoms with van der Waals surface area (Å²) in [6, 6.07) is 12.9. The molecule has 6 heteroatoms. The molecule has 2 aromatic carbocycles. The summed E-state index contributed by atoms with van der Waals surface area (Å²) in [4.78, 5) is 13.6. The lowest BCUT2D eigenvalue weighted by Gasteiger charge is -2.21. The standard InChI is InChI=1S/C18H19ClN2O3/c1-12(21(2)10-13-4-3-5-14(19)8-13)18(22)20-15-6-7-16-17(9-15)24-11-23-16/h3-9,12H,10-11H2,1-2H3,(H,20,22)/p+1/t12-/m0/s1. The largest absolute Gasteiger partial charge is 0.454 e. The van der Waals surface area contributed by atoms with Crippen molar-refractivity contribution in [2.45, 2.75) is 19.5 Å². The monoisotopic (exact) mass is 347 g/mol. The van der Waals surface area contributed by atoms with Crippen molar-refractivity contribution < 1.29 is 19.2 Å². The van der Waals surface area contributed by atoms with E-state index in [1.165, 1.54) is 0 Å². The van der Waals surface area contributed by atoms with Crippen molar-refractivity contribution in [3.63, 3.8) is 0 Å². The molecule has 0 radical (unpaired) electrons. The van der Waals surface area contributed by atoms with Crippen LogP contribution in [0.3, 0.4) is 0 Å². The van der Waals surface area contributed by atoms with Crippen molar-refractivity contribution in [1.29, 1.82) is 0 Å². The molecule has 126 valence electrons. The van der Waals surface area contributed by atoms with Gasteiger partial charge in [0, 0.05) is 22.3 Å². The Bertz CT molecular complexity index is 751. The van der Waals surface area contributed by atoms with Gasteiger partial charge in [-0.05, 0) is 31.2 Å². The van der Waals surface area contributed by atoms with Crippen molar-refractivity contribution in [2.75, 3.05) is 19.2 Å². The van der Waals surface area contributed by atoms with Gasteiger partial charge in [0.05, 0.1) is 7.05 Å². The fraction of sp³-hybridized carbons (Fsp3) is 0.278. The van der Waals surface area contributed by atoms with Crippen molar-refractivity contribution in [3.8, 4) is 11.5 Å². The minimum absolute atomic E-state index is 0.0478. The summed E-state index contributed by atoms with van der Waals surface area (Å²) in [6.45, 7) is 2.84. The van der Waals surface area contributed by atoms with Crippen LogP contribution in [-0.4, -0.2) is 25.8 Å². The number of hydrogen-bond acceptors (Lipinski definition) is 3. The molecule has 2 atom stereocenters. The number of carbonyl (C=O) groups is 1. The summed E-state index contributed by atoms with van der Waals surface area (Å²) in [5, 5.41) is 3.63. The summed E-state index contributed by atoms with van der Waals surface area (Å²) < 4.78 is 10.6. The Morgan fingerprint density at radius 1 is 1.25 bits per heavy atom. The van der Waals surface area contributed by atoms with Crippen LogP contribution in [0.4, 0.5) is 5.69 Å². The topological polar surface area (TPSA) is 52.0 Å². The van der Waals surface area contributed by atoms with Crippen molar-refractivity contribution >= 4 is 23.2 Å². The second-order valence-electron chi connectivity index (χ2n) is 5.93. The predicted molar refractivity (Wildman–Crippen MR) is 92.7 cm³/mol. The number of quaternary nitrogens is 1. The molecule has 1 heterocycles. The minimum atomic E-state index is -0.214. The van der Waals surface area contributed by atoms with E-state index in [2.05, 4.69) is 5.32 Å². The smallest absolute Gasteiger partial charge is 0.282 e. The van der Waals surface area contributed by atoms with Gasteiger partial charge in [-0.25, -0.2) is 0 Å². The molecule has 0 bridgehead atoms. The Balaban J connectivity index is 1.61. The van der Waals surface area contributed by atoms with Gasteiger partial charge in [0.1, 0.15) is 6.54 Å². The lowest BCUT2D eigenvalue weighted by molar-refractivity contribution is -0.907. The molecule has 24 heavy (non-hydrogen) atoms. The molecule has 0 fully saturated rings. The SMILES string of the molecule is C[C@@H](C(=O)Nc1ccc2c(c1)OCO2)[NH+](C)Cc1cccc(Cl)c1. The number of rotatable bonds is 5. The van der Waals surface area contributed by atoms with Gasteiger partial charge in [-0.1, -0.05) is 23.7 Å².